The minimum atomic E-state index is 0.384. The number of hydrogen-bond donors (Lipinski definition) is 0. The van der Waals surface area contributed by atoms with Gasteiger partial charge in [-0.2, -0.15) is 10.5 Å². The molecule has 22 heavy (non-hydrogen) atoms. The summed E-state index contributed by atoms with van der Waals surface area (Å²) in [6.07, 6.45) is 0. The van der Waals surface area contributed by atoms with Crippen molar-refractivity contribution in [2.24, 2.45) is 17.8 Å². The number of rotatable bonds is 1. The summed E-state index contributed by atoms with van der Waals surface area (Å²) in [6.45, 7) is 0. The van der Waals surface area contributed by atoms with E-state index in [0.717, 1.165) is 23.0 Å². The Kier molecular flexibility index (Phi) is 1.56. The van der Waals surface area contributed by atoms with Gasteiger partial charge in [-0.05, 0) is 58.4 Å². The molecule has 2 heteroatoms. The molecule has 3 saturated carbocycles. The molecule has 4 aliphatic carbocycles. The van der Waals surface area contributed by atoms with Crippen molar-refractivity contribution in [1.82, 2.24) is 0 Å². The molecule has 3 fully saturated rings. The van der Waals surface area contributed by atoms with E-state index < -0.39 is 0 Å². The normalized spacial score (nSPS) is 40.4. The lowest BCUT2D eigenvalue weighted by Gasteiger charge is -2.48. The van der Waals surface area contributed by atoms with Gasteiger partial charge < -0.3 is 0 Å². The lowest BCUT2D eigenvalue weighted by molar-refractivity contribution is 0.134. The smallest absolute Gasteiger partial charge is 0.0994 e. The minimum Gasteiger partial charge on any atom is -0.192 e. The van der Waals surface area contributed by atoms with Crippen molar-refractivity contribution < 1.29 is 0 Å². The molecule has 0 N–H and O–H groups in total. The number of fused-ring (bicyclic) bond motifs is 6. The molecule has 0 spiro atoms. The highest BCUT2D eigenvalue weighted by atomic mass is 15.0. The van der Waals surface area contributed by atoms with Crippen molar-refractivity contribution in [3.63, 3.8) is 0 Å². The third-order valence-electron chi connectivity index (χ3n) is 6.95. The summed E-state index contributed by atoms with van der Waals surface area (Å²) < 4.78 is 0. The van der Waals surface area contributed by atoms with Crippen molar-refractivity contribution in [2.75, 3.05) is 0 Å². The molecule has 0 aromatic heterocycles. The van der Waals surface area contributed by atoms with Crippen molar-refractivity contribution >= 4 is 0 Å². The Hall–Kier alpha value is -2.58. The van der Waals surface area contributed by atoms with Gasteiger partial charge in [0, 0.05) is 5.41 Å². The van der Waals surface area contributed by atoms with Crippen LogP contribution in [0.1, 0.15) is 39.7 Å². The van der Waals surface area contributed by atoms with E-state index in [2.05, 4.69) is 42.5 Å². The fourth-order valence-electron chi connectivity index (χ4n) is 6.55. The van der Waals surface area contributed by atoms with Crippen molar-refractivity contribution in [1.29, 1.82) is 10.5 Å². The number of nitrogens with zero attached hydrogens (tertiary/aromatic N) is 2. The van der Waals surface area contributed by atoms with Crippen LogP contribution in [0.4, 0.5) is 0 Å². The van der Waals surface area contributed by atoms with E-state index in [1.165, 1.54) is 16.7 Å². The minimum absolute atomic E-state index is 0.384. The van der Waals surface area contributed by atoms with E-state index in [0.29, 0.717) is 23.2 Å². The monoisotopic (exact) mass is 280 g/mol. The summed E-state index contributed by atoms with van der Waals surface area (Å²) >= 11 is 0. The topological polar surface area (TPSA) is 47.6 Å². The first-order chi connectivity index (χ1) is 10.9. The molecule has 2 nitrogen and oxygen atoms in total. The average molecular weight is 280 g/mol. The molecule has 0 radical (unpaired) electrons. The number of benzene rings is 2. The number of nitriles is 2. The molecule has 4 aliphatic rings. The van der Waals surface area contributed by atoms with Crippen LogP contribution in [0.25, 0.3) is 0 Å². The predicted molar refractivity (Wildman–Crippen MR) is 79.9 cm³/mol. The van der Waals surface area contributed by atoms with Crippen molar-refractivity contribution in [2.45, 2.75) is 17.3 Å². The molecule has 2 unspecified atom stereocenters. The van der Waals surface area contributed by atoms with Gasteiger partial charge in [0.05, 0.1) is 23.3 Å². The molecule has 0 aliphatic heterocycles. The molecule has 0 amide bonds. The molecule has 6 rings (SSSR count). The Balaban J connectivity index is 1.55. The highest BCUT2D eigenvalue weighted by molar-refractivity contribution is 5.72. The van der Waals surface area contributed by atoms with Gasteiger partial charge in [0.2, 0.25) is 0 Å². The average Bonchev–Trinajstić information content (AvgIpc) is 2.82. The summed E-state index contributed by atoms with van der Waals surface area (Å²) in [5.41, 5.74) is 5.92. The summed E-state index contributed by atoms with van der Waals surface area (Å²) in [6, 6.07) is 19.3. The maximum Gasteiger partial charge on any atom is 0.0994 e. The summed E-state index contributed by atoms with van der Waals surface area (Å²) in [4.78, 5) is 0. The van der Waals surface area contributed by atoms with Crippen LogP contribution in [0.5, 0.6) is 0 Å². The molecular weight excluding hydrogens is 268 g/mol. The van der Waals surface area contributed by atoms with Gasteiger partial charge in [0.25, 0.3) is 0 Å². The lowest BCUT2D eigenvalue weighted by atomic mass is 9.55. The van der Waals surface area contributed by atoms with Gasteiger partial charge in [-0.25, -0.2) is 0 Å². The van der Waals surface area contributed by atoms with Crippen LogP contribution in [0.15, 0.2) is 42.5 Å². The maximum atomic E-state index is 9.45. The molecule has 6 atom stereocenters. The zero-order valence-electron chi connectivity index (χ0n) is 11.8. The third kappa shape index (κ3) is 0.804. The Morgan fingerprint density at radius 3 is 1.77 bits per heavy atom. The second-order valence-electron chi connectivity index (χ2n) is 7.14. The van der Waals surface area contributed by atoms with Crippen molar-refractivity contribution in [3.05, 3.63) is 70.3 Å². The summed E-state index contributed by atoms with van der Waals surface area (Å²) in [5, 5.41) is 18.9. The van der Waals surface area contributed by atoms with Gasteiger partial charge in [0.1, 0.15) is 0 Å². The standard InChI is InChI=1S/C20H12N2/c21-8-10-6-7-11(9-22)14-13(10)15-17-16(14)19-18(15)20(17,19)12-4-2-1-3-5-12/h1-7,15-19H/t15-,16+,17?,18-,19+,20?. The maximum absolute atomic E-state index is 9.45. The first-order valence-electron chi connectivity index (χ1n) is 7.88. The molecule has 2 aromatic carbocycles. The van der Waals surface area contributed by atoms with E-state index >= 15 is 0 Å². The van der Waals surface area contributed by atoms with Crippen molar-refractivity contribution in [3.8, 4) is 12.1 Å². The first-order valence-corrected chi connectivity index (χ1v) is 7.88. The zero-order valence-corrected chi connectivity index (χ0v) is 11.8. The SMILES string of the molecule is N#Cc1ccc(C#N)c2c1[C@@H]1C3[C@H]2[C@H]2[C@@H]1C32c1ccccc1. The first kappa shape index (κ1) is 11.0. The predicted octanol–water partition coefficient (Wildman–Crippen LogP) is 3.44. The molecule has 0 saturated heterocycles. The highest BCUT2D eigenvalue weighted by Crippen LogP contribution is 2.98. The fraction of sp³-hybridized carbons (Fsp3) is 0.300. The van der Waals surface area contributed by atoms with Crippen LogP contribution >= 0.6 is 0 Å². The van der Waals surface area contributed by atoms with Gasteiger partial charge in [-0.15, -0.1) is 0 Å². The van der Waals surface area contributed by atoms with Gasteiger partial charge in [-0.1, -0.05) is 30.3 Å². The van der Waals surface area contributed by atoms with E-state index in [9.17, 15) is 10.5 Å². The largest absolute Gasteiger partial charge is 0.192 e. The van der Waals surface area contributed by atoms with Crippen LogP contribution in [-0.2, 0) is 5.41 Å². The van der Waals surface area contributed by atoms with Crippen LogP contribution in [-0.4, -0.2) is 0 Å². The Labute approximate surface area is 128 Å². The zero-order chi connectivity index (χ0) is 14.6. The molecule has 2 aromatic rings. The quantitative estimate of drug-likeness (QED) is 0.803. The Bertz CT molecular complexity index is 889. The van der Waals surface area contributed by atoms with Gasteiger partial charge in [-0.3, -0.25) is 0 Å². The summed E-state index contributed by atoms with van der Waals surface area (Å²) in [7, 11) is 0. The van der Waals surface area contributed by atoms with E-state index in [4.69, 9.17) is 0 Å². The van der Waals surface area contributed by atoms with Crippen LogP contribution < -0.4 is 0 Å². The Morgan fingerprint density at radius 1 is 0.727 bits per heavy atom. The molecule has 0 heterocycles. The fourth-order valence-corrected chi connectivity index (χ4v) is 6.55. The van der Waals surface area contributed by atoms with E-state index in [1.807, 2.05) is 12.1 Å². The second-order valence-corrected chi connectivity index (χ2v) is 7.14. The van der Waals surface area contributed by atoms with Crippen LogP contribution in [0.2, 0.25) is 0 Å². The second kappa shape index (κ2) is 3.11. The van der Waals surface area contributed by atoms with Gasteiger partial charge >= 0.3 is 0 Å². The third-order valence-corrected chi connectivity index (χ3v) is 6.95. The highest BCUT2D eigenvalue weighted by Gasteiger charge is 2.95. The molecule has 102 valence electrons. The Morgan fingerprint density at radius 2 is 1.27 bits per heavy atom. The van der Waals surface area contributed by atoms with Gasteiger partial charge in [0.15, 0.2) is 0 Å². The van der Waals surface area contributed by atoms with Crippen LogP contribution in [0, 0.1) is 40.4 Å². The van der Waals surface area contributed by atoms with Crippen LogP contribution in [0.3, 0.4) is 0 Å². The molecular formula is C20H12N2. The summed E-state index contributed by atoms with van der Waals surface area (Å²) in [5.74, 6) is 3.15. The van der Waals surface area contributed by atoms with E-state index in [1.54, 1.807) is 0 Å². The van der Waals surface area contributed by atoms with E-state index in [-0.39, 0.29) is 0 Å². The number of hydrogen-bond acceptors (Lipinski definition) is 2. The molecule has 0 bridgehead atoms. The lowest BCUT2D eigenvalue weighted by Crippen LogP contribution is -2.45.